The monoisotopic (exact) mass is 316 g/mol. The third-order valence-corrected chi connectivity index (χ3v) is 3.44. The summed E-state index contributed by atoms with van der Waals surface area (Å²) in [5, 5.41) is 0. The molecule has 2 amide bonds. The fraction of sp³-hybridized carbons (Fsp3) is 0.0714. The van der Waals surface area contributed by atoms with Gasteiger partial charge in [0, 0.05) is 6.20 Å². The number of hydrogen-bond donors (Lipinski definition) is 0. The second-order valence-corrected chi connectivity index (χ2v) is 5.04. The number of carbonyl (C=O) groups is 2. The Hall–Kier alpha value is -2.01. The topological polar surface area (TPSA) is 50.3 Å². The van der Waals surface area contributed by atoms with Gasteiger partial charge in [-0.25, -0.2) is 4.98 Å². The van der Waals surface area contributed by atoms with Crippen molar-refractivity contribution >= 4 is 27.7 Å². The lowest BCUT2D eigenvalue weighted by atomic mass is 10.1. The molecular weight excluding hydrogens is 308 g/mol. The minimum atomic E-state index is -0.242. The molecule has 0 saturated carbocycles. The van der Waals surface area contributed by atoms with Crippen LogP contribution in [0.25, 0.3) is 0 Å². The van der Waals surface area contributed by atoms with Crippen LogP contribution in [-0.4, -0.2) is 21.7 Å². The van der Waals surface area contributed by atoms with Crippen LogP contribution in [0.5, 0.6) is 0 Å². The van der Waals surface area contributed by atoms with E-state index in [4.69, 9.17) is 0 Å². The quantitative estimate of drug-likeness (QED) is 0.632. The molecule has 1 aromatic heterocycles. The van der Waals surface area contributed by atoms with Gasteiger partial charge in [-0.3, -0.25) is 14.5 Å². The third kappa shape index (κ3) is 2.06. The molecule has 0 spiro atoms. The fourth-order valence-corrected chi connectivity index (χ4v) is 2.52. The molecule has 4 nitrogen and oxygen atoms in total. The van der Waals surface area contributed by atoms with Gasteiger partial charge in [-0.1, -0.05) is 12.1 Å². The number of hydrogen-bond acceptors (Lipinski definition) is 3. The molecule has 2 heterocycles. The molecule has 19 heavy (non-hydrogen) atoms. The van der Waals surface area contributed by atoms with E-state index < -0.39 is 0 Å². The summed E-state index contributed by atoms with van der Waals surface area (Å²) < 4.78 is 0.682. The highest BCUT2D eigenvalue weighted by Gasteiger charge is 2.34. The van der Waals surface area contributed by atoms with Crippen molar-refractivity contribution in [2.24, 2.45) is 0 Å². The summed E-state index contributed by atoms with van der Waals surface area (Å²) in [5.41, 5.74) is 1.80. The van der Waals surface area contributed by atoms with Gasteiger partial charge in [-0.2, -0.15) is 0 Å². The molecular formula is C14H9BrN2O2. The average Bonchev–Trinajstić information content (AvgIpc) is 2.65. The second kappa shape index (κ2) is 4.59. The zero-order chi connectivity index (χ0) is 13.4. The Morgan fingerprint density at radius 3 is 2.26 bits per heavy atom. The predicted molar refractivity (Wildman–Crippen MR) is 72.6 cm³/mol. The molecule has 0 radical (unpaired) electrons. The van der Waals surface area contributed by atoms with Crippen LogP contribution in [-0.2, 0) is 6.54 Å². The van der Waals surface area contributed by atoms with Gasteiger partial charge in [-0.05, 0) is 45.8 Å². The maximum Gasteiger partial charge on any atom is 0.261 e. The van der Waals surface area contributed by atoms with Crippen molar-refractivity contribution in [2.75, 3.05) is 0 Å². The summed E-state index contributed by atoms with van der Waals surface area (Å²) in [6.07, 6.45) is 1.64. The maximum atomic E-state index is 12.2. The smallest absolute Gasteiger partial charge is 0.261 e. The van der Waals surface area contributed by atoms with Crippen molar-refractivity contribution in [3.63, 3.8) is 0 Å². The summed E-state index contributed by atoms with van der Waals surface area (Å²) in [5.74, 6) is -0.484. The van der Waals surface area contributed by atoms with Crippen LogP contribution in [0, 0.1) is 0 Å². The Balaban J connectivity index is 1.92. The Kier molecular flexibility index (Phi) is 2.91. The lowest BCUT2D eigenvalue weighted by Crippen LogP contribution is -2.29. The summed E-state index contributed by atoms with van der Waals surface area (Å²) in [6.45, 7) is 0.257. The Morgan fingerprint density at radius 1 is 1.05 bits per heavy atom. The lowest BCUT2D eigenvalue weighted by molar-refractivity contribution is 0.0642. The van der Waals surface area contributed by atoms with E-state index in [0.29, 0.717) is 15.7 Å². The van der Waals surface area contributed by atoms with Crippen molar-refractivity contribution in [2.45, 2.75) is 6.54 Å². The number of pyridine rings is 1. The zero-order valence-electron chi connectivity index (χ0n) is 9.84. The van der Waals surface area contributed by atoms with E-state index in [0.717, 1.165) is 5.56 Å². The van der Waals surface area contributed by atoms with Gasteiger partial charge >= 0.3 is 0 Å². The summed E-state index contributed by atoms with van der Waals surface area (Å²) in [6, 6.07) is 10.5. The van der Waals surface area contributed by atoms with Crippen molar-refractivity contribution in [1.29, 1.82) is 0 Å². The first-order valence-electron chi connectivity index (χ1n) is 5.72. The van der Waals surface area contributed by atoms with Crippen molar-refractivity contribution in [3.8, 4) is 0 Å². The van der Waals surface area contributed by atoms with Crippen LogP contribution >= 0.6 is 15.9 Å². The van der Waals surface area contributed by atoms with Gasteiger partial charge in [0.05, 0.1) is 17.7 Å². The number of amides is 2. The normalized spacial score (nSPS) is 13.8. The van der Waals surface area contributed by atoms with E-state index in [9.17, 15) is 9.59 Å². The predicted octanol–water partition coefficient (Wildman–Crippen LogP) is 2.64. The SMILES string of the molecule is O=C1c2ccccc2C(=O)N1Cc1ccnc(Br)c1. The van der Waals surface area contributed by atoms with Gasteiger partial charge < -0.3 is 0 Å². The molecule has 0 fully saturated rings. The largest absolute Gasteiger partial charge is 0.270 e. The van der Waals surface area contributed by atoms with Crippen LogP contribution in [0.2, 0.25) is 0 Å². The van der Waals surface area contributed by atoms with E-state index in [1.165, 1.54) is 4.90 Å². The summed E-state index contributed by atoms with van der Waals surface area (Å²) in [4.78, 5) is 29.6. The molecule has 0 unspecified atom stereocenters. The molecule has 3 rings (SSSR count). The van der Waals surface area contributed by atoms with Gasteiger partial charge in [0.1, 0.15) is 4.60 Å². The third-order valence-electron chi connectivity index (χ3n) is 3.01. The van der Waals surface area contributed by atoms with Crippen LogP contribution in [0.15, 0.2) is 47.2 Å². The lowest BCUT2D eigenvalue weighted by Gasteiger charge is -2.13. The van der Waals surface area contributed by atoms with Crippen molar-refractivity contribution in [3.05, 3.63) is 63.9 Å². The zero-order valence-corrected chi connectivity index (χ0v) is 11.4. The molecule has 0 N–H and O–H groups in total. The van der Waals surface area contributed by atoms with E-state index in [1.807, 2.05) is 0 Å². The number of carbonyl (C=O) groups excluding carboxylic acids is 2. The minimum absolute atomic E-state index is 0.242. The molecule has 2 aromatic rings. The standard InChI is InChI=1S/C14H9BrN2O2/c15-12-7-9(5-6-16-12)8-17-13(18)10-3-1-2-4-11(10)14(17)19/h1-7H,8H2. The number of halogens is 1. The first-order chi connectivity index (χ1) is 9.16. The molecule has 5 heteroatoms. The Bertz CT molecular complexity index is 650. The molecule has 0 aliphatic carbocycles. The molecule has 94 valence electrons. The van der Waals surface area contributed by atoms with E-state index in [2.05, 4.69) is 20.9 Å². The number of fused-ring (bicyclic) bond motifs is 1. The van der Waals surface area contributed by atoms with Crippen molar-refractivity contribution < 1.29 is 9.59 Å². The molecule has 1 aromatic carbocycles. The highest BCUT2D eigenvalue weighted by molar-refractivity contribution is 9.10. The first kappa shape index (κ1) is 12.0. The molecule has 0 bridgehead atoms. The minimum Gasteiger partial charge on any atom is -0.270 e. The second-order valence-electron chi connectivity index (χ2n) is 4.23. The molecule has 1 aliphatic rings. The highest BCUT2D eigenvalue weighted by atomic mass is 79.9. The maximum absolute atomic E-state index is 12.2. The first-order valence-corrected chi connectivity index (χ1v) is 6.52. The van der Waals surface area contributed by atoms with Gasteiger partial charge in [0.2, 0.25) is 0 Å². The van der Waals surface area contributed by atoms with Gasteiger partial charge in [-0.15, -0.1) is 0 Å². The summed E-state index contributed by atoms with van der Waals surface area (Å²) >= 11 is 3.27. The fourth-order valence-electron chi connectivity index (χ4n) is 2.11. The Labute approximate surface area is 118 Å². The molecule has 0 saturated heterocycles. The van der Waals surface area contributed by atoms with Gasteiger partial charge in [0.15, 0.2) is 0 Å². The van der Waals surface area contributed by atoms with E-state index in [1.54, 1.807) is 42.6 Å². The van der Waals surface area contributed by atoms with Gasteiger partial charge in [0.25, 0.3) is 11.8 Å². The number of rotatable bonds is 2. The average molecular weight is 317 g/mol. The number of imide groups is 1. The molecule has 1 aliphatic heterocycles. The van der Waals surface area contributed by atoms with Crippen LogP contribution in [0.4, 0.5) is 0 Å². The Morgan fingerprint density at radius 2 is 1.68 bits per heavy atom. The number of nitrogens with zero attached hydrogens (tertiary/aromatic N) is 2. The highest BCUT2D eigenvalue weighted by Crippen LogP contribution is 2.24. The molecule has 0 atom stereocenters. The van der Waals surface area contributed by atoms with E-state index in [-0.39, 0.29) is 18.4 Å². The number of aromatic nitrogens is 1. The summed E-state index contributed by atoms with van der Waals surface area (Å²) in [7, 11) is 0. The number of benzene rings is 1. The van der Waals surface area contributed by atoms with Crippen LogP contribution in [0.3, 0.4) is 0 Å². The van der Waals surface area contributed by atoms with Crippen LogP contribution in [0.1, 0.15) is 26.3 Å². The van der Waals surface area contributed by atoms with Crippen molar-refractivity contribution in [1.82, 2.24) is 9.88 Å². The van der Waals surface area contributed by atoms with E-state index >= 15 is 0 Å². The van der Waals surface area contributed by atoms with Crippen LogP contribution < -0.4 is 0 Å².